The summed E-state index contributed by atoms with van der Waals surface area (Å²) in [6, 6.07) is 45.9. The van der Waals surface area contributed by atoms with Crippen LogP contribution in [0.15, 0.2) is 156 Å². The maximum absolute atomic E-state index is 10.3. The number of aliphatic imine (C=N–C) groups is 2. The molecule has 0 heterocycles. The molecule has 0 aliphatic rings. The first-order chi connectivity index (χ1) is 21.1. The van der Waals surface area contributed by atoms with E-state index in [1.807, 2.05) is 133 Å². The van der Waals surface area contributed by atoms with E-state index in [0.29, 0.717) is 22.6 Å². The van der Waals surface area contributed by atoms with Crippen LogP contribution in [0.5, 0.6) is 23.0 Å². The molecule has 2 N–H and O–H groups in total. The number of aromatic hydroxyl groups is 2. The van der Waals surface area contributed by atoms with Gasteiger partial charge in [-0.1, -0.05) is 72.8 Å². The average molecular weight is 561 g/mol. The molecule has 0 saturated carbocycles. The summed E-state index contributed by atoms with van der Waals surface area (Å²) in [4.78, 5) is 9.06. The number of phenols is 2. The van der Waals surface area contributed by atoms with E-state index in [-0.39, 0.29) is 11.5 Å². The predicted octanol–water partition coefficient (Wildman–Crippen LogP) is 9.73. The SMILES string of the molecule is Oc1ccc(-c2ccccc2)cc1C=Nc1ccc(Oc2ccc(N=Cc3cc(-c4ccccc4)ccc3O)cc2)cc1. The van der Waals surface area contributed by atoms with E-state index < -0.39 is 0 Å². The number of hydrogen-bond donors (Lipinski definition) is 2. The second kappa shape index (κ2) is 12.7. The molecule has 0 aromatic heterocycles. The van der Waals surface area contributed by atoms with Crippen LogP contribution in [-0.4, -0.2) is 22.6 Å². The molecule has 43 heavy (non-hydrogen) atoms. The number of benzene rings is 6. The van der Waals surface area contributed by atoms with E-state index in [2.05, 4.69) is 9.98 Å². The number of hydrogen-bond acceptors (Lipinski definition) is 5. The largest absolute Gasteiger partial charge is 0.507 e. The Morgan fingerprint density at radius 2 is 0.814 bits per heavy atom. The molecule has 6 aromatic carbocycles. The number of nitrogens with zero attached hydrogens (tertiary/aromatic N) is 2. The zero-order valence-electron chi connectivity index (χ0n) is 23.2. The highest BCUT2D eigenvalue weighted by Gasteiger charge is 2.05. The lowest BCUT2D eigenvalue weighted by Gasteiger charge is -2.07. The van der Waals surface area contributed by atoms with Crippen molar-refractivity contribution in [1.82, 2.24) is 0 Å². The molecule has 5 nitrogen and oxygen atoms in total. The van der Waals surface area contributed by atoms with Crippen molar-refractivity contribution in [2.24, 2.45) is 9.98 Å². The van der Waals surface area contributed by atoms with E-state index >= 15 is 0 Å². The quantitative estimate of drug-likeness (QED) is 0.182. The normalized spacial score (nSPS) is 11.3. The monoisotopic (exact) mass is 560 g/mol. The van der Waals surface area contributed by atoms with Crippen LogP contribution in [0, 0.1) is 0 Å². The van der Waals surface area contributed by atoms with Crippen LogP contribution in [-0.2, 0) is 0 Å². The fourth-order valence-corrected chi connectivity index (χ4v) is 4.56. The molecule has 0 saturated heterocycles. The first-order valence-corrected chi connectivity index (χ1v) is 13.8. The molecular formula is C38H28N2O3. The third kappa shape index (κ3) is 6.87. The summed E-state index contributed by atoms with van der Waals surface area (Å²) in [6.07, 6.45) is 3.32. The van der Waals surface area contributed by atoms with Gasteiger partial charge in [-0.3, -0.25) is 9.98 Å². The minimum Gasteiger partial charge on any atom is -0.507 e. The molecule has 0 aliphatic heterocycles. The van der Waals surface area contributed by atoms with E-state index in [9.17, 15) is 10.2 Å². The molecule has 0 spiro atoms. The Balaban J connectivity index is 1.09. The molecule has 0 amide bonds. The Bertz CT molecular complexity index is 1740. The van der Waals surface area contributed by atoms with Crippen molar-refractivity contribution in [3.05, 3.63) is 157 Å². The summed E-state index contributed by atoms with van der Waals surface area (Å²) in [7, 11) is 0. The van der Waals surface area contributed by atoms with Gasteiger partial charge in [-0.2, -0.15) is 0 Å². The van der Waals surface area contributed by atoms with Gasteiger partial charge in [0.1, 0.15) is 23.0 Å². The summed E-state index contributed by atoms with van der Waals surface area (Å²) in [5.74, 6) is 1.70. The first-order valence-electron chi connectivity index (χ1n) is 13.8. The highest BCUT2D eigenvalue weighted by atomic mass is 16.5. The van der Waals surface area contributed by atoms with Crippen LogP contribution in [0.1, 0.15) is 11.1 Å². The zero-order valence-corrected chi connectivity index (χ0v) is 23.2. The van der Waals surface area contributed by atoms with Crippen molar-refractivity contribution in [2.45, 2.75) is 0 Å². The Morgan fingerprint density at radius 1 is 0.419 bits per heavy atom. The minimum absolute atomic E-state index is 0.175. The molecule has 0 bridgehead atoms. The molecule has 0 fully saturated rings. The summed E-state index contributed by atoms with van der Waals surface area (Å²) >= 11 is 0. The van der Waals surface area contributed by atoms with Crippen molar-refractivity contribution in [3.8, 4) is 45.3 Å². The van der Waals surface area contributed by atoms with Gasteiger partial charge in [0.2, 0.25) is 0 Å². The molecule has 0 unspecified atom stereocenters. The summed E-state index contributed by atoms with van der Waals surface area (Å²) in [6.45, 7) is 0. The Morgan fingerprint density at radius 3 is 1.21 bits per heavy atom. The van der Waals surface area contributed by atoms with Crippen LogP contribution in [0.3, 0.4) is 0 Å². The fourth-order valence-electron chi connectivity index (χ4n) is 4.56. The van der Waals surface area contributed by atoms with E-state index in [0.717, 1.165) is 33.6 Å². The topological polar surface area (TPSA) is 74.4 Å². The van der Waals surface area contributed by atoms with Gasteiger partial charge in [0, 0.05) is 23.6 Å². The third-order valence-corrected chi connectivity index (χ3v) is 6.88. The maximum atomic E-state index is 10.3. The van der Waals surface area contributed by atoms with E-state index in [4.69, 9.17) is 4.74 Å². The maximum Gasteiger partial charge on any atom is 0.127 e. The van der Waals surface area contributed by atoms with Gasteiger partial charge in [0.25, 0.3) is 0 Å². The van der Waals surface area contributed by atoms with Crippen LogP contribution in [0.4, 0.5) is 11.4 Å². The lowest BCUT2D eigenvalue weighted by Crippen LogP contribution is -1.86. The Kier molecular flexibility index (Phi) is 8.05. The van der Waals surface area contributed by atoms with Crippen LogP contribution in [0.2, 0.25) is 0 Å². The average Bonchev–Trinajstić information content (AvgIpc) is 3.06. The van der Waals surface area contributed by atoms with Gasteiger partial charge in [-0.15, -0.1) is 0 Å². The van der Waals surface area contributed by atoms with Gasteiger partial charge in [-0.05, 0) is 95.1 Å². The number of phenolic OH excluding ortho intramolecular Hbond substituents is 2. The Hall–Kier alpha value is -5.94. The molecule has 0 radical (unpaired) electrons. The second-order valence-electron chi connectivity index (χ2n) is 9.89. The van der Waals surface area contributed by atoms with Gasteiger partial charge < -0.3 is 14.9 Å². The van der Waals surface area contributed by atoms with Crippen molar-refractivity contribution >= 4 is 23.8 Å². The van der Waals surface area contributed by atoms with E-state index in [1.54, 1.807) is 24.6 Å². The molecule has 0 aliphatic carbocycles. The second-order valence-corrected chi connectivity index (χ2v) is 9.89. The Labute approximate surface area is 250 Å². The van der Waals surface area contributed by atoms with Gasteiger partial charge in [-0.25, -0.2) is 0 Å². The first kappa shape index (κ1) is 27.2. The highest BCUT2D eigenvalue weighted by Crippen LogP contribution is 2.29. The number of rotatable bonds is 8. The molecule has 5 heteroatoms. The molecule has 208 valence electrons. The third-order valence-electron chi connectivity index (χ3n) is 6.88. The molecular weight excluding hydrogens is 532 g/mol. The predicted molar refractivity (Wildman–Crippen MR) is 175 cm³/mol. The van der Waals surface area contributed by atoms with Gasteiger partial charge in [0.15, 0.2) is 0 Å². The van der Waals surface area contributed by atoms with Crippen molar-refractivity contribution in [2.75, 3.05) is 0 Å². The molecule has 0 atom stereocenters. The zero-order chi connectivity index (χ0) is 29.4. The standard InChI is InChI=1S/C38H28N2O3/c41-37-21-11-29(27-7-3-1-4-8-27)23-31(37)25-39-33-13-17-35(18-14-33)43-36-19-15-34(16-20-36)40-26-32-24-30(12-22-38(32)42)28-9-5-2-6-10-28/h1-26,41-42H. The fraction of sp³-hybridized carbons (Fsp3) is 0. The summed E-state index contributed by atoms with van der Waals surface area (Å²) in [5.41, 5.74) is 6.93. The molecule has 6 aromatic rings. The van der Waals surface area contributed by atoms with E-state index in [1.165, 1.54) is 0 Å². The lowest BCUT2D eigenvalue weighted by molar-refractivity contribution is 0.474. The van der Waals surface area contributed by atoms with Crippen LogP contribution < -0.4 is 4.74 Å². The lowest BCUT2D eigenvalue weighted by atomic mass is 10.0. The molecule has 6 rings (SSSR count). The van der Waals surface area contributed by atoms with Crippen molar-refractivity contribution in [3.63, 3.8) is 0 Å². The van der Waals surface area contributed by atoms with Gasteiger partial charge in [0.05, 0.1) is 11.4 Å². The van der Waals surface area contributed by atoms with Crippen molar-refractivity contribution in [1.29, 1.82) is 0 Å². The summed E-state index contributed by atoms with van der Waals surface area (Å²) < 4.78 is 6.00. The number of ether oxygens (including phenoxy) is 1. The smallest absolute Gasteiger partial charge is 0.127 e. The van der Waals surface area contributed by atoms with Crippen LogP contribution >= 0.6 is 0 Å². The minimum atomic E-state index is 0.175. The summed E-state index contributed by atoms with van der Waals surface area (Å²) in [5, 5.41) is 20.6. The van der Waals surface area contributed by atoms with Gasteiger partial charge >= 0.3 is 0 Å². The highest BCUT2D eigenvalue weighted by molar-refractivity contribution is 5.88. The van der Waals surface area contributed by atoms with Crippen LogP contribution in [0.25, 0.3) is 22.3 Å². The van der Waals surface area contributed by atoms with Crippen molar-refractivity contribution < 1.29 is 14.9 Å².